The number of nitrogens with zero attached hydrogens (tertiary/aromatic N) is 2. The number of piperazine rings is 1. The molecule has 192 valence electrons. The van der Waals surface area contributed by atoms with Gasteiger partial charge in [0.1, 0.15) is 11.3 Å². The van der Waals surface area contributed by atoms with Crippen LogP contribution in [-0.2, 0) is 4.79 Å². The molecule has 2 aromatic carbocycles. The van der Waals surface area contributed by atoms with Crippen LogP contribution in [0.25, 0.3) is 22.1 Å². The minimum atomic E-state index is 0.196. The van der Waals surface area contributed by atoms with Gasteiger partial charge in [0.05, 0.1) is 19.4 Å². The Morgan fingerprint density at radius 2 is 1.78 bits per heavy atom. The fourth-order valence-electron chi connectivity index (χ4n) is 4.96. The minimum Gasteiger partial charge on any atom is -0.493 e. The molecule has 6 nitrogen and oxygen atoms in total. The van der Waals surface area contributed by atoms with Crippen molar-refractivity contribution < 1.29 is 13.9 Å². The van der Waals surface area contributed by atoms with Gasteiger partial charge in [0.15, 0.2) is 0 Å². The molecule has 1 saturated heterocycles. The van der Waals surface area contributed by atoms with Gasteiger partial charge in [-0.05, 0) is 74.9 Å². The molecule has 1 aliphatic heterocycles. The Morgan fingerprint density at radius 1 is 1.00 bits per heavy atom. The zero-order valence-electron chi connectivity index (χ0n) is 20.9. The van der Waals surface area contributed by atoms with Crippen LogP contribution in [-0.4, -0.2) is 67.6 Å². The number of carbonyl (C=O) groups is 1. The lowest BCUT2D eigenvalue weighted by Crippen LogP contribution is -2.51. The van der Waals surface area contributed by atoms with Crippen LogP contribution < -0.4 is 10.1 Å². The van der Waals surface area contributed by atoms with Gasteiger partial charge < -0.3 is 19.4 Å². The molecule has 0 spiro atoms. The third-order valence-corrected chi connectivity index (χ3v) is 7.64. The number of halogens is 1. The van der Waals surface area contributed by atoms with Crippen LogP contribution in [0, 0.1) is 0 Å². The molecule has 1 saturated carbocycles. The number of fused-ring (bicyclic) bond motifs is 1. The van der Waals surface area contributed by atoms with Crippen molar-refractivity contribution in [2.75, 3.05) is 45.9 Å². The molecule has 36 heavy (non-hydrogen) atoms. The molecule has 0 unspecified atom stereocenters. The highest BCUT2D eigenvalue weighted by molar-refractivity contribution is 6.30. The first-order valence-electron chi connectivity index (χ1n) is 13.3. The molecule has 2 fully saturated rings. The summed E-state index contributed by atoms with van der Waals surface area (Å²) in [5.74, 6) is 1.04. The predicted octanol–water partition coefficient (Wildman–Crippen LogP) is 5.59. The van der Waals surface area contributed by atoms with Crippen molar-refractivity contribution in [3.8, 4) is 16.9 Å². The Morgan fingerprint density at radius 3 is 2.53 bits per heavy atom. The summed E-state index contributed by atoms with van der Waals surface area (Å²) in [4.78, 5) is 16.9. The zero-order chi connectivity index (χ0) is 24.7. The van der Waals surface area contributed by atoms with Crippen molar-refractivity contribution in [3.63, 3.8) is 0 Å². The number of nitrogens with one attached hydrogen (secondary N) is 1. The highest BCUT2D eigenvalue weighted by Crippen LogP contribution is 2.33. The lowest BCUT2D eigenvalue weighted by atomic mass is 9.93. The third kappa shape index (κ3) is 6.61. The van der Waals surface area contributed by atoms with Crippen LogP contribution in [0.15, 0.2) is 53.1 Å². The van der Waals surface area contributed by atoms with Gasteiger partial charge in [-0.25, -0.2) is 0 Å². The minimum absolute atomic E-state index is 0.196. The Labute approximate surface area is 218 Å². The number of hydrogen-bond acceptors (Lipinski definition) is 5. The van der Waals surface area contributed by atoms with E-state index in [9.17, 15) is 4.79 Å². The second kappa shape index (κ2) is 12.1. The molecule has 1 amide bonds. The summed E-state index contributed by atoms with van der Waals surface area (Å²) in [6.07, 6.45) is 8.70. The van der Waals surface area contributed by atoms with Crippen LogP contribution in [0.4, 0.5) is 0 Å². The average molecular weight is 510 g/mol. The second-order valence-electron chi connectivity index (χ2n) is 10.0. The summed E-state index contributed by atoms with van der Waals surface area (Å²) in [5, 5.41) is 4.94. The van der Waals surface area contributed by atoms with E-state index in [1.165, 1.54) is 12.8 Å². The maximum Gasteiger partial charge on any atom is 0.234 e. The number of rotatable bonds is 11. The normalized spacial score (nSPS) is 17.2. The summed E-state index contributed by atoms with van der Waals surface area (Å²) in [5.41, 5.74) is 2.98. The molecule has 0 radical (unpaired) electrons. The Bertz CT molecular complexity index is 1130. The summed E-state index contributed by atoms with van der Waals surface area (Å²) in [7, 11) is 0. The number of unbranched alkanes of at least 4 members (excludes halogenated alkanes) is 2. The number of furan rings is 1. The molecule has 0 bridgehead atoms. The fourth-order valence-corrected chi connectivity index (χ4v) is 5.08. The highest BCUT2D eigenvalue weighted by atomic mass is 35.5. The smallest absolute Gasteiger partial charge is 0.234 e. The second-order valence-corrected chi connectivity index (χ2v) is 10.5. The SMILES string of the molecule is O=C(CN1CCN(CCCCCOc2ccc3c(-c4ccc(Cl)cc4)coc3c2)CC1)NC1CCC1. The summed E-state index contributed by atoms with van der Waals surface area (Å²) in [6.45, 7) is 6.44. The van der Waals surface area contributed by atoms with Crippen LogP contribution >= 0.6 is 11.6 Å². The van der Waals surface area contributed by atoms with Gasteiger partial charge in [0.25, 0.3) is 0 Å². The zero-order valence-corrected chi connectivity index (χ0v) is 21.6. The molecule has 1 N–H and O–H groups in total. The van der Waals surface area contributed by atoms with E-state index in [0.29, 0.717) is 19.2 Å². The van der Waals surface area contributed by atoms with E-state index >= 15 is 0 Å². The molecule has 7 heteroatoms. The van der Waals surface area contributed by atoms with E-state index in [1.54, 1.807) is 6.26 Å². The summed E-state index contributed by atoms with van der Waals surface area (Å²) in [6, 6.07) is 14.3. The maximum atomic E-state index is 12.1. The van der Waals surface area contributed by atoms with E-state index in [1.807, 2.05) is 36.4 Å². The predicted molar refractivity (Wildman–Crippen MR) is 145 cm³/mol. The largest absolute Gasteiger partial charge is 0.493 e. The molecule has 0 atom stereocenters. The number of carbonyl (C=O) groups excluding carboxylic acids is 1. The topological polar surface area (TPSA) is 58.0 Å². The molecule has 5 rings (SSSR count). The first-order chi connectivity index (χ1) is 17.6. The van der Waals surface area contributed by atoms with Crippen molar-refractivity contribution in [2.24, 2.45) is 0 Å². The lowest BCUT2D eigenvalue weighted by Gasteiger charge is -2.35. The van der Waals surface area contributed by atoms with Gasteiger partial charge in [0.2, 0.25) is 5.91 Å². The summed E-state index contributed by atoms with van der Waals surface area (Å²) < 4.78 is 11.8. The van der Waals surface area contributed by atoms with Gasteiger partial charge in [-0.15, -0.1) is 0 Å². The van der Waals surface area contributed by atoms with E-state index in [-0.39, 0.29) is 5.91 Å². The van der Waals surface area contributed by atoms with E-state index in [0.717, 1.165) is 91.3 Å². The van der Waals surface area contributed by atoms with E-state index in [2.05, 4.69) is 21.2 Å². The Kier molecular flexibility index (Phi) is 8.47. The molecule has 2 aliphatic rings. The van der Waals surface area contributed by atoms with Crippen molar-refractivity contribution in [1.82, 2.24) is 15.1 Å². The van der Waals surface area contributed by atoms with Gasteiger partial charge in [0, 0.05) is 54.3 Å². The third-order valence-electron chi connectivity index (χ3n) is 7.39. The molecular weight excluding hydrogens is 474 g/mol. The van der Waals surface area contributed by atoms with Crippen molar-refractivity contribution in [1.29, 1.82) is 0 Å². The monoisotopic (exact) mass is 509 g/mol. The number of amides is 1. The average Bonchev–Trinajstić information content (AvgIpc) is 3.28. The van der Waals surface area contributed by atoms with Crippen LogP contribution in [0.3, 0.4) is 0 Å². The molecule has 3 aromatic rings. The quantitative estimate of drug-likeness (QED) is 0.341. The highest BCUT2D eigenvalue weighted by Gasteiger charge is 2.22. The Hall–Kier alpha value is -2.54. The number of hydrogen-bond donors (Lipinski definition) is 1. The van der Waals surface area contributed by atoms with Crippen LogP contribution in [0.5, 0.6) is 5.75 Å². The van der Waals surface area contributed by atoms with Crippen LogP contribution in [0.2, 0.25) is 5.02 Å². The molecule has 1 aromatic heterocycles. The molecule has 1 aliphatic carbocycles. The van der Waals surface area contributed by atoms with E-state index < -0.39 is 0 Å². The van der Waals surface area contributed by atoms with Gasteiger partial charge in [-0.1, -0.05) is 23.7 Å². The molecular formula is C29H36ClN3O3. The number of ether oxygens (including phenoxy) is 1. The van der Waals surface area contributed by atoms with Crippen LogP contribution in [0.1, 0.15) is 38.5 Å². The maximum absolute atomic E-state index is 12.1. The lowest BCUT2D eigenvalue weighted by molar-refractivity contribution is -0.123. The van der Waals surface area contributed by atoms with Gasteiger partial charge in [-0.2, -0.15) is 0 Å². The fraction of sp³-hybridized carbons (Fsp3) is 0.483. The number of benzene rings is 2. The molecule has 2 heterocycles. The van der Waals surface area contributed by atoms with Crippen molar-refractivity contribution in [2.45, 2.75) is 44.6 Å². The van der Waals surface area contributed by atoms with Crippen molar-refractivity contribution >= 4 is 28.5 Å². The first-order valence-corrected chi connectivity index (χ1v) is 13.7. The van der Waals surface area contributed by atoms with Gasteiger partial charge in [-0.3, -0.25) is 9.69 Å². The van der Waals surface area contributed by atoms with Crippen molar-refractivity contribution in [3.05, 3.63) is 53.8 Å². The first kappa shape index (κ1) is 25.1. The standard InChI is InChI=1S/C29H36ClN3O3/c30-23-9-7-22(8-10-23)27-21-36-28-19-25(11-12-26(27)28)35-18-3-1-2-13-32-14-16-33(17-15-32)20-29(34)31-24-5-4-6-24/h7-12,19,21,24H,1-6,13-18,20H2,(H,31,34). The Balaban J connectivity index is 0.966. The van der Waals surface area contributed by atoms with E-state index in [4.69, 9.17) is 20.8 Å². The van der Waals surface area contributed by atoms with Gasteiger partial charge >= 0.3 is 0 Å². The summed E-state index contributed by atoms with van der Waals surface area (Å²) >= 11 is 6.01.